The van der Waals surface area contributed by atoms with Crippen LogP contribution in [0.2, 0.25) is 0 Å². The maximum Gasteiger partial charge on any atom is 0.269 e. The lowest BCUT2D eigenvalue weighted by Crippen LogP contribution is -2.47. The second-order valence-electron chi connectivity index (χ2n) is 10.1. The third kappa shape index (κ3) is 5.23. The van der Waals surface area contributed by atoms with Crippen molar-refractivity contribution in [2.75, 3.05) is 9.80 Å². The standard InChI is InChI=1S/C33H31N3O4/c1-3-9-24-14-16-25(17-15-24)32(37)34-23(2)22-31(29-12-7-8-13-30(29)34)35(27-10-5-4-6-11-27)33(38)26-18-20-28(21-19-26)36(39)40/h4-8,10-21,23,31H,3,9,22H2,1-2H3/t23-,31+/m0/s1. The van der Waals surface area contributed by atoms with E-state index in [0.29, 0.717) is 23.2 Å². The molecule has 5 rings (SSSR count). The van der Waals surface area contributed by atoms with Crippen molar-refractivity contribution in [2.45, 2.75) is 45.2 Å². The van der Waals surface area contributed by atoms with Gasteiger partial charge in [-0.25, -0.2) is 0 Å². The monoisotopic (exact) mass is 533 g/mol. The van der Waals surface area contributed by atoms with Crippen LogP contribution >= 0.6 is 0 Å². The summed E-state index contributed by atoms with van der Waals surface area (Å²) in [5.41, 5.74) is 4.46. The topological polar surface area (TPSA) is 83.8 Å². The highest BCUT2D eigenvalue weighted by Gasteiger charge is 2.39. The first-order valence-electron chi connectivity index (χ1n) is 13.5. The van der Waals surface area contributed by atoms with Gasteiger partial charge >= 0.3 is 0 Å². The zero-order valence-corrected chi connectivity index (χ0v) is 22.6. The summed E-state index contributed by atoms with van der Waals surface area (Å²) in [5.74, 6) is -0.339. The molecule has 0 fully saturated rings. The minimum atomic E-state index is -0.481. The third-order valence-corrected chi connectivity index (χ3v) is 7.41. The number of carbonyl (C=O) groups excluding carboxylic acids is 2. The van der Waals surface area contributed by atoms with Crippen LogP contribution in [0.1, 0.15) is 64.6 Å². The molecule has 7 nitrogen and oxygen atoms in total. The molecule has 0 unspecified atom stereocenters. The predicted octanol–water partition coefficient (Wildman–Crippen LogP) is 7.37. The van der Waals surface area contributed by atoms with Crippen molar-refractivity contribution < 1.29 is 14.5 Å². The molecular formula is C33H31N3O4. The highest BCUT2D eigenvalue weighted by Crippen LogP contribution is 2.43. The average molecular weight is 534 g/mol. The lowest BCUT2D eigenvalue weighted by molar-refractivity contribution is -0.384. The first-order chi connectivity index (χ1) is 19.4. The fourth-order valence-corrected chi connectivity index (χ4v) is 5.47. The Morgan fingerprint density at radius 1 is 0.875 bits per heavy atom. The van der Waals surface area contributed by atoms with Gasteiger partial charge in [-0.05, 0) is 73.4 Å². The Labute approximate surface area is 233 Å². The molecule has 0 aromatic heterocycles. The normalized spacial score (nSPS) is 16.2. The van der Waals surface area contributed by atoms with Gasteiger partial charge in [-0.1, -0.05) is 61.9 Å². The molecule has 0 spiro atoms. The van der Waals surface area contributed by atoms with Crippen LogP contribution in [0.25, 0.3) is 0 Å². The van der Waals surface area contributed by atoms with E-state index in [2.05, 4.69) is 6.92 Å². The number of para-hydroxylation sites is 2. The molecule has 1 aliphatic heterocycles. The van der Waals surface area contributed by atoms with Crippen LogP contribution in [-0.2, 0) is 6.42 Å². The number of fused-ring (bicyclic) bond motifs is 1. The zero-order valence-electron chi connectivity index (χ0n) is 22.6. The number of nitro groups is 1. The number of nitro benzene ring substituents is 1. The second kappa shape index (κ2) is 11.5. The molecule has 4 aromatic carbocycles. The van der Waals surface area contributed by atoms with E-state index in [1.165, 1.54) is 29.8 Å². The summed E-state index contributed by atoms with van der Waals surface area (Å²) in [5, 5.41) is 11.2. The number of carbonyl (C=O) groups is 2. The molecule has 40 heavy (non-hydrogen) atoms. The highest BCUT2D eigenvalue weighted by atomic mass is 16.6. The number of benzene rings is 4. The molecule has 0 N–H and O–H groups in total. The number of rotatable bonds is 7. The number of nitrogens with zero attached hydrogens (tertiary/aromatic N) is 3. The van der Waals surface area contributed by atoms with Crippen molar-refractivity contribution in [3.8, 4) is 0 Å². The van der Waals surface area contributed by atoms with Crippen LogP contribution in [0.4, 0.5) is 17.1 Å². The maximum absolute atomic E-state index is 14.0. The highest BCUT2D eigenvalue weighted by molar-refractivity contribution is 6.09. The number of non-ortho nitro benzene ring substituents is 1. The van der Waals surface area contributed by atoms with Gasteiger partial charge in [-0.15, -0.1) is 0 Å². The van der Waals surface area contributed by atoms with Gasteiger partial charge < -0.3 is 9.80 Å². The molecule has 2 atom stereocenters. The van der Waals surface area contributed by atoms with Gasteiger partial charge in [0.1, 0.15) is 0 Å². The van der Waals surface area contributed by atoms with Gasteiger partial charge in [-0.2, -0.15) is 0 Å². The summed E-state index contributed by atoms with van der Waals surface area (Å²) in [4.78, 5) is 42.1. The van der Waals surface area contributed by atoms with Crippen molar-refractivity contribution >= 4 is 28.9 Å². The quantitative estimate of drug-likeness (QED) is 0.183. The summed E-state index contributed by atoms with van der Waals surface area (Å²) < 4.78 is 0. The molecule has 0 aliphatic carbocycles. The smallest absolute Gasteiger partial charge is 0.269 e. The second-order valence-corrected chi connectivity index (χ2v) is 10.1. The van der Waals surface area contributed by atoms with E-state index in [4.69, 9.17) is 0 Å². The van der Waals surface area contributed by atoms with Gasteiger partial charge in [0.25, 0.3) is 17.5 Å². The first-order valence-corrected chi connectivity index (χ1v) is 13.5. The van der Waals surface area contributed by atoms with Crippen LogP contribution in [0.5, 0.6) is 0 Å². The molecular weight excluding hydrogens is 502 g/mol. The third-order valence-electron chi connectivity index (χ3n) is 7.41. The number of amides is 2. The Morgan fingerprint density at radius 2 is 1.50 bits per heavy atom. The number of hydrogen-bond acceptors (Lipinski definition) is 4. The zero-order chi connectivity index (χ0) is 28.2. The van der Waals surface area contributed by atoms with E-state index in [1.54, 1.807) is 4.90 Å². The summed E-state index contributed by atoms with van der Waals surface area (Å²) in [6.07, 6.45) is 2.53. The van der Waals surface area contributed by atoms with E-state index in [9.17, 15) is 19.7 Å². The molecule has 2 amide bonds. The van der Waals surface area contributed by atoms with E-state index < -0.39 is 4.92 Å². The van der Waals surface area contributed by atoms with Crippen molar-refractivity contribution in [2.24, 2.45) is 0 Å². The molecule has 4 aromatic rings. The Morgan fingerprint density at radius 3 is 2.15 bits per heavy atom. The molecule has 0 saturated carbocycles. The fraction of sp³-hybridized carbons (Fsp3) is 0.212. The first kappa shape index (κ1) is 26.8. The Balaban J connectivity index is 1.55. The van der Waals surface area contributed by atoms with Crippen molar-refractivity contribution in [3.63, 3.8) is 0 Å². The van der Waals surface area contributed by atoms with Crippen molar-refractivity contribution in [1.82, 2.24) is 0 Å². The van der Waals surface area contributed by atoms with Gasteiger partial charge in [0.2, 0.25) is 0 Å². The Kier molecular flexibility index (Phi) is 7.73. The van der Waals surface area contributed by atoms with Crippen LogP contribution in [0, 0.1) is 10.1 Å². The Bertz CT molecular complexity index is 1520. The van der Waals surface area contributed by atoms with E-state index in [0.717, 1.165) is 24.1 Å². The maximum atomic E-state index is 14.0. The number of hydrogen-bond donors (Lipinski definition) is 0. The summed E-state index contributed by atoms with van der Waals surface area (Å²) in [6, 6.07) is 30.1. The largest absolute Gasteiger partial charge is 0.305 e. The van der Waals surface area contributed by atoms with Crippen molar-refractivity contribution in [3.05, 3.63) is 135 Å². The SMILES string of the molecule is CCCc1ccc(C(=O)N2c3ccccc3[C@H](N(C(=O)c3ccc([N+](=O)[O-])cc3)c3ccccc3)C[C@@H]2C)cc1. The fourth-order valence-electron chi connectivity index (χ4n) is 5.47. The van der Waals surface area contributed by atoms with Crippen LogP contribution in [0.3, 0.4) is 0 Å². The van der Waals surface area contributed by atoms with E-state index in [1.807, 2.05) is 90.7 Å². The molecule has 0 bridgehead atoms. The molecule has 7 heteroatoms. The minimum Gasteiger partial charge on any atom is -0.305 e. The lowest BCUT2D eigenvalue weighted by atomic mass is 9.89. The lowest BCUT2D eigenvalue weighted by Gasteiger charge is -2.43. The number of anilines is 2. The van der Waals surface area contributed by atoms with Crippen LogP contribution in [0.15, 0.2) is 103 Å². The summed E-state index contributed by atoms with van der Waals surface area (Å²) >= 11 is 0. The Hall–Kier alpha value is -4.78. The predicted molar refractivity (Wildman–Crippen MR) is 157 cm³/mol. The minimum absolute atomic E-state index is 0.0728. The molecule has 1 heterocycles. The van der Waals surface area contributed by atoms with Gasteiger partial charge in [0.05, 0.1) is 11.0 Å². The molecule has 202 valence electrons. The number of aryl methyl sites for hydroxylation is 1. The molecule has 0 saturated heterocycles. The molecule has 0 radical (unpaired) electrons. The van der Waals surface area contributed by atoms with Gasteiger partial charge in [0, 0.05) is 40.7 Å². The summed E-state index contributed by atoms with van der Waals surface area (Å²) in [7, 11) is 0. The van der Waals surface area contributed by atoms with Gasteiger partial charge in [-0.3, -0.25) is 19.7 Å². The van der Waals surface area contributed by atoms with E-state index in [-0.39, 0.29) is 29.6 Å². The average Bonchev–Trinajstić information content (AvgIpc) is 2.98. The van der Waals surface area contributed by atoms with Crippen molar-refractivity contribution in [1.29, 1.82) is 0 Å². The molecule has 1 aliphatic rings. The van der Waals surface area contributed by atoms with Crippen LogP contribution < -0.4 is 9.80 Å². The van der Waals surface area contributed by atoms with E-state index >= 15 is 0 Å². The van der Waals surface area contributed by atoms with Crippen LogP contribution in [-0.4, -0.2) is 22.8 Å². The summed E-state index contributed by atoms with van der Waals surface area (Å²) in [6.45, 7) is 4.14. The van der Waals surface area contributed by atoms with Gasteiger partial charge in [0.15, 0.2) is 0 Å².